The summed E-state index contributed by atoms with van der Waals surface area (Å²) in [5.74, 6) is -1.10. The fraction of sp³-hybridized carbons (Fsp3) is 0.364. The molecule has 0 heterocycles. The van der Waals surface area contributed by atoms with Crippen molar-refractivity contribution in [2.24, 2.45) is 0 Å². The van der Waals surface area contributed by atoms with Gasteiger partial charge in [0, 0.05) is 0 Å². The molecule has 0 radical (unpaired) electrons. The van der Waals surface area contributed by atoms with E-state index < -0.39 is 5.97 Å². The van der Waals surface area contributed by atoms with E-state index >= 15 is 0 Å². The monoisotopic (exact) mass is 245 g/mol. The third-order valence-corrected chi connectivity index (χ3v) is 2.08. The highest BCUT2D eigenvalue weighted by Crippen LogP contribution is 2.18. The molecule has 0 aliphatic carbocycles. The zero-order valence-electron chi connectivity index (χ0n) is 9.11. The van der Waals surface area contributed by atoms with Gasteiger partial charge in [0.25, 0.3) is 0 Å². The zero-order chi connectivity index (χ0) is 12.1. The molecule has 0 atom stereocenters. The van der Waals surface area contributed by atoms with Crippen LogP contribution < -0.4 is 5.06 Å². The summed E-state index contributed by atoms with van der Waals surface area (Å²) in [4.78, 5) is 16.1. The smallest absolute Gasteiger partial charge is 0.339 e. The Labute approximate surface area is 98.7 Å². The van der Waals surface area contributed by atoms with Crippen molar-refractivity contribution in [3.05, 3.63) is 30.1 Å². The summed E-state index contributed by atoms with van der Waals surface area (Å²) in [7, 11) is 0. The average Bonchev–Trinajstić information content (AvgIpc) is 2.26. The SMILES string of the molecule is CC(C)N(OC(=O)CCl)c1ccc(F)cc1. The number of carbonyl (C=O) groups is 1. The van der Waals surface area contributed by atoms with Crippen LogP contribution in [0.3, 0.4) is 0 Å². The average molecular weight is 246 g/mol. The highest BCUT2D eigenvalue weighted by Gasteiger charge is 2.15. The number of anilines is 1. The van der Waals surface area contributed by atoms with Crippen molar-refractivity contribution in [1.29, 1.82) is 0 Å². The fourth-order valence-corrected chi connectivity index (χ4v) is 1.23. The van der Waals surface area contributed by atoms with Crippen molar-refractivity contribution < 1.29 is 14.0 Å². The van der Waals surface area contributed by atoms with Crippen molar-refractivity contribution >= 4 is 23.3 Å². The summed E-state index contributed by atoms with van der Waals surface area (Å²) in [6.45, 7) is 3.70. The Morgan fingerprint density at radius 2 is 2.00 bits per heavy atom. The van der Waals surface area contributed by atoms with Gasteiger partial charge in [-0.15, -0.1) is 11.6 Å². The van der Waals surface area contributed by atoms with Gasteiger partial charge in [0.15, 0.2) is 0 Å². The third kappa shape index (κ3) is 3.38. The van der Waals surface area contributed by atoms with Crippen LogP contribution in [0.15, 0.2) is 24.3 Å². The molecule has 1 rings (SSSR count). The van der Waals surface area contributed by atoms with Crippen molar-refractivity contribution in [2.75, 3.05) is 10.9 Å². The first kappa shape index (κ1) is 12.8. The molecule has 1 aromatic carbocycles. The Kier molecular flexibility index (Phi) is 4.55. The quantitative estimate of drug-likeness (QED) is 0.603. The first-order chi connectivity index (χ1) is 7.54. The van der Waals surface area contributed by atoms with Gasteiger partial charge in [-0.2, -0.15) is 0 Å². The van der Waals surface area contributed by atoms with Crippen LogP contribution in [0, 0.1) is 5.82 Å². The van der Waals surface area contributed by atoms with Gasteiger partial charge < -0.3 is 4.84 Å². The van der Waals surface area contributed by atoms with E-state index in [2.05, 4.69) is 0 Å². The van der Waals surface area contributed by atoms with E-state index in [9.17, 15) is 9.18 Å². The van der Waals surface area contributed by atoms with Gasteiger partial charge in [-0.25, -0.2) is 14.2 Å². The Morgan fingerprint density at radius 1 is 1.44 bits per heavy atom. The van der Waals surface area contributed by atoms with Gasteiger partial charge in [0.2, 0.25) is 0 Å². The van der Waals surface area contributed by atoms with Gasteiger partial charge in [0.1, 0.15) is 11.7 Å². The van der Waals surface area contributed by atoms with Gasteiger partial charge >= 0.3 is 5.97 Å². The van der Waals surface area contributed by atoms with Gasteiger partial charge in [-0.05, 0) is 38.1 Å². The lowest BCUT2D eigenvalue weighted by molar-refractivity contribution is -0.142. The van der Waals surface area contributed by atoms with Crippen LogP contribution in [0.5, 0.6) is 0 Å². The van der Waals surface area contributed by atoms with E-state index in [1.54, 1.807) is 0 Å². The number of hydrogen-bond donors (Lipinski definition) is 0. The van der Waals surface area contributed by atoms with E-state index in [4.69, 9.17) is 16.4 Å². The molecular formula is C11H13ClFNO2. The molecule has 1 aromatic rings. The van der Waals surface area contributed by atoms with E-state index in [0.717, 1.165) is 0 Å². The Hall–Kier alpha value is -1.29. The van der Waals surface area contributed by atoms with Crippen molar-refractivity contribution in [1.82, 2.24) is 0 Å². The zero-order valence-corrected chi connectivity index (χ0v) is 9.87. The highest BCUT2D eigenvalue weighted by atomic mass is 35.5. The molecule has 0 unspecified atom stereocenters. The minimum Gasteiger partial charge on any atom is -0.339 e. The first-order valence-corrected chi connectivity index (χ1v) is 5.39. The minimum atomic E-state index is -0.542. The molecule has 0 aliphatic heterocycles. The number of alkyl halides is 1. The molecule has 0 aliphatic rings. The second-order valence-corrected chi connectivity index (χ2v) is 3.76. The summed E-state index contributed by atoms with van der Waals surface area (Å²) in [5, 5.41) is 1.39. The molecule has 0 aromatic heterocycles. The van der Waals surface area contributed by atoms with Gasteiger partial charge in [0.05, 0.1) is 11.7 Å². The molecule has 0 saturated carbocycles. The predicted octanol–water partition coefficient (Wildman–Crippen LogP) is 2.74. The van der Waals surface area contributed by atoms with Crippen molar-refractivity contribution in [3.8, 4) is 0 Å². The lowest BCUT2D eigenvalue weighted by atomic mass is 10.2. The normalized spacial score (nSPS) is 10.3. The fourth-order valence-electron chi connectivity index (χ4n) is 1.18. The summed E-state index contributed by atoms with van der Waals surface area (Å²) in [5.41, 5.74) is 0.606. The third-order valence-electron chi connectivity index (χ3n) is 1.86. The van der Waals surface area contributed by atoms with Crippen LogP contribution >= 0.6 is 11.6 Å². The number of hydrogen-bond acceptors (Lipinski definition) is 3. The van der Waals surface area contributed by atoms with Crippen LogP contribution in [0.1, 0.15) is 13.8 Å². The molecule has 0 N–H and O–H groups in total. The van der Waals surface area contributed by atoms with E-state index in [0.29, 0.717) is 5.69 Å². The molecule has 5 heteroatoms. The number of rotatable bonds is 4. The first-order valence-electron chi connectivity index (χ1n) is 4.86. The predicted molar refractivity (Wildman–Crippen MR) is 60.8 cm³/mol. The van der Waals surface area contributed by atoms with E-state index in [1.165, 1.54) is 29.3 Å². The lowest BCUT2D eigenvalue weighted by Crippen LogP contribution is -2.33. The topological polar surface area (TPSA) is 29.5 Å². The molecule has 0 bridgehead atoms. The second-order valence-electron chi connectivity index (χ2n) is 3.49. The molecule has 0 amide bonds. The summed E-state index contributed by atoms with van der Waals surface area (Å²) in [6.07, 6.45) is 0. The molecule has 3 nitrogen and oxygen atoms in total. The standard InChI is InChI=1S/C11H13ClFNO2/c1-8(2)14(16-11(15)7-12)10-5-3-9(13)4-6-10/h3-6,8H,7H2,1-2H3. The second kappa shape index (κ2) is 5.70. The summed E-state index contributed by atoms with van der Waals surface area (Å²) >= 11 is 5.35. The number of hydroxylamine groups is 1. The molecule has 16 heavy (non-hydrogen) atoms. The number of halogens is 2. The maximum Gasteiger partial charge on any atom is 0.347 e. The van der Waals surface area contributed by atoms with Gasteiger partial charge in [-0.1, -0.05) is 0 Å². The van der Waals surface area contributed by atoms with Crippen LogP contribution in [0.25, 0.3) is 0 Å². The molecule has 0 spiro atoms. The maximum absolute atomic E-state index is 12.7. The van der Waals surface area contributed by atoms with Gasteiger partial charge in [-0.3, -0.25) is 0 Å². The van der Waals surface area contributed by atoms with E-state index in [-0.39, 0.29) is 17.7 Å². The van der Waals surface area contributed by atoms with Crippen LogP contribution in [-0.4, -0.2) is 17.9 Å². The Morgan fingerprint density at radius 3 is 2.44 bits per heavy atom. The minimum absolute atomic E-state index is 0.0578. The Balaban J connectivity index is 2.85. The molecular weight excluding hydrogens is 233 g/mol. The number of carbonyl (C=O) groups excluding carboxylic acids is 1. The van der Waals surface area contributed by atoms with Crippen molar-refractivity contribution in [3.63, 3.8) is 0 Å². The van der Waals surface area contributed by atoms with E-state index in [1.807, 2.05) is 13.8 Å². The molecule has 0 saturated heterocycles. The van der Waals surface area contributed by atoms with Crippen molar-refractivity contribution in [2.45, 2.75) is 19.9 Å². The Bertz CT molecular complexity index is 354. The maximum atomic E-state index is 12.7. The molecule has 0 fully saturated rings. The number of benzene rings is 1. The highest BCUT2D eigenvalue weighted by molar-refractivity contribution is 6.26. The van der Waals surface area contributed by atoms with Crippen LogP contribution in [-0.2, 0) is 9.63 Å². The molecule has 88 valence electrons. The largest absolute Gasteiger partial charge is 0.347 e. The van der Waals surface area contributed by atoms with Crippen LogP contribution in [0.2, 0.25) is 0 Å². The number of nitrogens with zero attached hydrogens (tertiary/aromatic N) is 1. The lowest BCUT2D eigenvalue weighted by Gasteiger charge is -2.26. The summed E-state index contributed by atoms with van der Waals surface area (Å²) < 4.78 is 12.7. The van der Waals surface area contributed by atoms with Crippen LogP contribution in [0.4, 0.5) is 10.1 Å². The summed E-state index contributed by atoms with van der Waals surface area (Å²) in [6, 6.07) is 5.63.